The molecule has 2 N–H and O–H groups in total. The third-order valence-electron chi connectivity index (χ3n) is 4.35. The van der Waals surface area contributed by atoms with E-state index in [0.29, 0.717) is 19.0 Å². The van der Waals surface area contributed by atoms with E-state index >= 15 is 0 Å². The number of carbonyl (C=O) groups excluding carboxylic acids is 2. The van der Waals surface area contributed by atoms with Crippen LogP contribution in [0.4, 0.5) is 4.79 Å². The first-order chi connectivity index (χ1) is 10.0. The number of piperazine rings is 1. The van der Waals surface area contributed by atoms with Gasteiger partial charge < -0.3 is 15.5 Å². The Labute approximate surface area is 124 Å². The zero-order chi connectivity index (χ0) is 15.0. The van der Waals surface area contributed by atoms with Crippen molar-refractivity contribution in [2.75, 3.05) is 19.6 Å². The van der Waals surface area contributed by atoms with E-state index in [0.717, 1.165) is 6.42 Å². The Balaban J connectivity index is 1.74. The lowest BCUT2D eigenvalue weighted by Crippen LogP contribution is -2.53. The van der Waals surface area contributed by atoms with Gasteiger partial charge in [0.05, 0.1) is 6.04 Å². The number of benzene rings is 1. The summed E-state index contributed by atoms with van der Waals surface area (Å²) in [5.41, 5.74) is 3.74. The molecule has 21 heavy (non-hydrogen) atoms. The van der Waals surface area contributed by atoms with Gasteiger partial charge in [0.2, 0.25) is 5.91 Å². The first-order valence-electron chi connectivity index (χ1n) is 7.46. The minimum atomic E-state index is -0.143. The van der Waals surface area contributed by atoms with E-state index in [1.807, 2.05) is 0 Å². The second-order valence-corrected chi connectivity index (χ2v) is 6.08. The van der Waals surface area contributed by atoms with Crippen molar-refractivity contribution in [3.8, 4) is 0 Å². The lowest BCUT2D eigenvalue weighted by atomic mass is 10.0. The molecule has 1 saturated heterocycles. The standard InChI is InChI=1S/C16H21N3O2/c1-10-3-4-12-8-11(2)15(13(12)7-10)18-16(21)19-6-5-17-14(20)9-19/h3-4,7,11,15H,5-6,8-9H2,1-2H3,(H,17,20)(H,18,21). The highest BCUT2D eigenvalue weighted by Crippen LogP contribution is 2.36. The Morgan fingerprint density at radius 2 is 2.24 bits per heavy atom. The van der Waals surface area contributed by atoms with Crippen LogP contribution < -0.4 is 10.6 Å². The van der Waals surface area contributed by atoms with Gasteiger partial charge >= 0.3 is 6.03 Å². The molecule has 2 unspecified atom stereocenters. The number of hydrogen-bond acceptors (Lipinski definition) is 2. The molecule has 5 nitrogen and oxygen atoms in total. The first-order valence-corrected chi connectivity index (χ1v) is 7.46. The molecule has 2 aliphatic rings. The van der Waals surface area contributed by atoms with Gasteiger partial charge in [0.25, 0.3) is 0 Å². The van der Waals surface area contributed by atoms with E-state index in [1.54, 1.807) is 4.90 Å². The highest BCUT2D eigenvalue weighted by Gasteiger charge is 2.32. The number of nitrogens with one attached hydrogen (secondary N) is 2. The molecular formula is C16H21N3O2. The molecule has 0 spiro atoms. The summed E-state index contributed by atoms with van der Waals surface area (Å²) >= 11 is 0. The lowest BCUT2D eigenvalue weighted by Gasteiger charge is -2.29. The van der Waals surface area contributed by atoms with Crippen LogP contribution in [0.2, 0.25) is 0 Å². The molecule has 1 aromatic carbocycles. The molecule has 0 saturated carbocycles. The van der Waals surface area contributed by atoms with Crippen molar-refractivity contribution in [3.05, 3.63) is 34.9 Å². The van der Waals surface area contributed by atoms with Gasteiger partial charge in [-0.05, 0) is 30.4 Å². The second kappa shape index (κ2) is 5.39. The third-order valence-corrected chi connectivity index (χ3v) is 4.35. The predicted molar refractivity (Wildman–Crippen MR) is 79.9 cm³/mol. The Hall–Kier alpha value is -2.04. The highest BCUT2D eigenvalue weighted by atomic mass is 16.2. The summed E-state index contributed by atoms with van der Waals surface area (Å²) in [5.74, 6) is 0.288. The van der Waals surface area contributed by atoms with Gasteiger partial charge in [0.15, 0.2) is 0 Å². The quantitative estimate of drug-likeness (QED) is 0.819. The summed E-state index contributed by atoms with van der Waals surface area (Å²) in [6.07, 6.45) is 0.987. The van der Waals surface area contributed by atoms with Crippen molar-refractivity contribution in [1.29, 1.82) is 0 Å². The molecule has 1 fully saturated rings. The van der Waals surface area contributed by atoms with Gasteiger partial charge in [-0.1, -0.05) is 30.7 Å². The molecule has 1 aliphatic heterocycles. The molecule has 1 aromatic rings. The van der Waals surface area contributed by atoms with Crippen molar-refractivity contribution in [2.45, 2.75) is 26.3 Å². The predicted octanol–water partition coefficient (Wildman–Crippen LogP) is 1.37. The number of nitrogens with zero attached hydrogens (tertiary/aromatic N) is 1. The van der Waals surface area contributed by atoms with Gasteiger partial charge in [0.1, 0.15) is 6.54 Å². The minimum absolute atomic E-state index is 0.0392. The maximum atomic E-state index is 12.4. The van der Waals surface area contributed by atoms with Crippen molar-refractivity contribution in [2.24, 2.45) is 5.92 Å². The fourth-order valence-electron chi connectivity index (χ4n) is 3.22. The number of amides is 3. The van der Waals surface area contributed by atoms with Crippen LogP contribution >= 0.6 is 0 Å². The van der Waals surface area contributed by atoms with E-state index < -0.39 is 0 Å². The smallest absolute Gasteiger partial charge is 0.318 e. The zero-order valence-electron chi connectivity index (χ0n) is 12.5. The maximum Gasteiger partial charge on any atom is 0.318 e. The molecule has 3 amide bonds. The summed E-state index contributed by atoms with van der Waals surface area (Å²) in [6, 6.07) is 6.33. The van der Waals surface area contributed by atoms with Gasteiger partial charge in [-0.25, -0.2) is 4.79 Å². The van der Waals surface area contributed by atoms with Crippen LogP contribution in [0.1, 0.15) is 29.7 Å². The van der Waals surface area contributed by atoms with Crippen molar-refractivity contribution in [3.63, 3.8) is 0 Å². The monoisotopic (exact) mass is 287 g/mol. The summed E-state index contributed by atoms with van der Waals surface area (Å²) in [7, 11) is 0. The van der Waals surface area contributed by atoms with Crippen LogP contribution in [0.5, 0.6) is 0 Å². The molecule has 0 bridgehead atoms. The summed E-state index contributed by atoms with van der Waals surface area (Å²) in [5, 5.41) is 5.84. The number of hydrogen-bond donors (Lipinski definition) is 2. The van der Waals surface area contributed by atoms with Crippen LogP contribution in [-0.2, 0) is 11.2 Å². The van der Waals surface area contributed by atoms with Crippen LogP contribution in [0.3, 0.4) is 0 Å². The minimum Gasteiger partial charge on any atom is -0.353 e. The normalized spacial score (nSPS) is 24.5. The van der Waals surface area contributed by atoms with Gasteiger partial charge in [-0.2, -0.15) is 0 Å². The number of urea groups is 1. The average Bonchev–Trinajstić information content (AvgIpc) is 2.75. The van der Waals surface area contributed by atoms with Crippen LogP contribution in [0, 0.1) is 12.8 Å². The molecule has 2 atom stereocenters. The fraction of sp³-hybridized carbons (Fsp3) is 0.500. The Morgan fingerprint density at radius 1 is 1.43 bits per heavy atom. The van der Waals surface area contributed by atoms with E-state index in [4.69, 9.17) is 0 Å². The topological polar surface area (TPSA) is 61.4 Å². The number of aryl methyl sites for hydroxylation is 1. The number of carbonyl (C=O) groups is 2. The van der Waals surface area contributed by atoms with Crippen LogP contribution in [-0.4, -0.2) is 36.5 Å². The summed E-state index contributed by atoms with van der Waals surface area (Å²) in [4.78, 5) is 25.3. The fourth-order valence-corrected chi connectivity index (χ4v) is 3.22. The van der Waals surface area contributed by atoms with Gasteiger partial charge in [0, 0.05) is 13.1 Å². The Bertz CT molecular complexity index is 585. The largest absolute Gasteiger partial charge is 0.353 e. The highest BCUT2D eigenvalue weighted by molar-refractivity contribution is 5.85. The van der Waals surface area contributed by atoms with E-state index in [-0.39, 0.29) is 24.5 Å². The molecule has 3 rings (SSSR count). The molecule has 5 heteroatoms. The molecule has 0 radical (unpaired) electrons. The first kappa shape index (κ1) is 13.9. The summed E-state index contributed by atoms with van der Waals surface area (Å²) < 4.78 is 0. The van der Waals surface area contributed by atoms with Gasteiger partial charge in [-0.3, -0.25) is 4.79 Å². The van der Waals surface area contributed by atoms with Crippen LogP contribution in [0.15, 0.2) is 18.2 Å². The molecule has 0 aromatic heterocycles. The van der Waals surface area contributed by atoms with Gasteiger partial charge in [-0.15, -0.1) is 0 Å². The van der Waals surface area contributed by atoms with E-state index in [9.17, 15) is 9.59 Å². The van der Waals surface area contributed by atoms with Crippen LogP contribution in [0.25, 0.3) is 0 Å². The maximum absolute atomic E-state index is 12.4. The molecule has 112 valence electrons. The third kappa shape index (κ3) is 2.73. The van der Waals surface area contributed by atoms with E-state index in [2.05, 4.69) is 42.7 Å². The molecular weight excluding hydrogens is 266 g/mol. The molecule has 1 aliphatic carbocycles. The second-order valence-electron chi connectivity index (χ2n) is 6.08. The molecule has 1 heterocycles. The number of fused-ring (bicyclic) bond motifs is 1. The zero-order valence-corrected chi connectivity index (χ0v) is 12.5. The Kier molecular flexibility index (Phi) is 3.57. The van der Waals surface area contributed by atoms with Crippen molar-refractivity contribution >= 4 is 11.9 Å². The van der Waals surface area contributed by atoms with Crippen molar-refractivity contribution in [1.82, 2.24) is 15.5 Å². The SMILES string of the molecule is Cc1ccc2c(c1)C(NC(=O)N1CCNC(=O)C1)C(C)C2. The van der Waals surface area contributed by atoms with E-state index in [1.165, 1.54) is 16.7 Å². The number of rotatable bonds is 1. The average molecular weight is 287 g/mol. The van der Waals surface area contributed by atoms with Crippen molar-refractivity contribution < 1.29 is 9.59 Å². The summed E-state index contributed by atoms with van der Waals surface area (Å²) in [6.45, 7) is 5.47. The Morgan fingerprint density at radius 3 is 3.00 bits per heavy atom. The lowest BCUT2D eigenvalue weighted by molar-refractivity contribution is -0.123.